The molecule has 0 aliphatic heterocycles. The Labute approximate surface area is 136 Å². The van der Waals surface area contributed by atoms with Gasteiger partial charge in [0.25, 0.3) is 0 Å². The van der Waals surface area contributed by atoms with Gasteiger partial charge >= 0.3 is 0 Å². The lowest BCUT2D eigenvalue weighted by atomic mass is 9.97. The topological polar surface area (TPSA) is 58.2 Å². The van der Waals surface area contributed by atoms with Gasteiger partial charge in [-0.3, -0.25) is 9.59 Å². The van der Waals surface area contributed by atoms with E-state index in [4.69, 9.17) is 11.6 Å². The molecule has 2 N–H and O–H groups in total. The summed E-state index contributed by atoms with van der Waals surface area (Å²) in [6.45, 7) is 2.00. The van der Waals surface area contributed by atoms with Gasteiger partial charge in [0.05, 0.1) is 0 Å². The smallest absolute Gasteiger partial charge is 0.242 e. The summed E-state index contributed by atoms with van der Waals surface area (Å²) in [5.74, 6) is 0.0288. The van der Waals surface area contributed by atoms with Gasteiger partial charge in [-0.1, -0.05) is 36.6 Å². The van der Waals surface area contributed by atoms with Crippen LogP contribution in [0.2, 0.25) is 5.02 Å². The Balaban J connectivity index is 1.86. The minimum atomic E-state index is -0.403. The van der Waals surface area contributed by atoms with E-state index < -0.39 is 6.04 Å². The first-order chi connectivity index (χ1) is 10.6. The quantitative estimate of drug-likeness (QED) is 0.846. The van der Waals surface area contributed by atoms with E-state index in [0.717, 1.165) is 37.7 Å². The van der Waals surface area contributed by atoms with Crippen molar-refractivity contribution >= 4 is 23.4 Å². The molecular weight excluding hydrogens is 300 g/mol. The maximum absolute atomic E-state index is 12.4. The summed E-state index contributed by atoms with van der Waals surface area (Å²) in [7, 11) is 0. The highest BCUT2D eigenvalue weighted by Gasteiger charge is 2.30. The second kappa shape index (κ2) is 8.18. The summed E-state index contributed by atoms with van der Waals surface area (Å²) in [5.41, 5.74) is 1.09. The van der Waals surface area contributed by atoms with Gasteiger partial charge < -0.3 is 10.6 Å². The van der Waals surface area contributed by atoms with Gasteiger partial charge in [0.1, 0.15) is 6.04 Å². The predicted octanol–water partition coefficient (Wildman–Crippen LogP) is 2.69. The number of carbonyl (C=O) groups is 2. The molecule has 4 nitrogen and oxygen atoms in total. The summed E-state index contributed by atoms with van der Waals surface area (Å²) in [6, 6.07) is 7.21. The Morgan fingerprint density at radius 2 is 2.05 bits per heavy atom. The molecule has 22 heavy (non-hydrogen) atoms. The summed E-state index contributed by atoms with van der Waals surface area (Å²) >= 11 is 5.95. The van der Waals surface area contributed by atoms with Gasteiger partial charge in [0.15, 0.2) is 0 Å². The lowest BCUT2D eigenvalue weighted by Crippen LogP contribution is -2.50. The third-order valence-corrected chi connectivity index (χ3v) is 4.35. The van der Waals surface area contributed by atoms with Gasteiger partial charge in [-0.15, -0.1) is 0 Å². The third-order valence-electron chi connectivity index (χ3n) is 4.11. The first-order valence-electron chi connectivity index (χ1n) is 7.85. The molecule has 2 rings (SSSR count). The van der Waals surface area contributed by atoms with E-state index in [0.29, 0.717) is 11.6 Å². The van der Waals surface area contributed by atoms with Crippen LogP contribution in [0.4, 0.5) is 0 Å². The number of halogens is 1. The Morgan fingerprint density at radius 1 is 1.32 bits per heavy atom. The fourth-order valence-electron chi connectivity index (χ4n) is 3.04. The minimum absolute atomic E-state index is 0.0795. The Morgan fingerprint density at radius 3 is 2.68 bits per heavy atom. The number of hydrogen-bond donors (Lipinski definition) is 2. The van der Waals surface area contributed by atoms with Crippen molar-refractivity contribution in [3.63, 3.8) is 0 Å². The van der Waals surface area contributed by atoms with Gasteiger partial charge in [-0.05, 0) is 42.9 Å². The van der Waals surface area contributed by atoms with Crippen LogP contribution in [0.25, 0.3) is 0 Å². The second-order valence-electron chi connectivity index (χ2n) is 5.89. The van der Waals surface area contributed by atoms with Crippen LogP contribution in [0.5, 0.6) is 0 Å². The average molecular weight is 323 g/mol. The molecule has 0 bridgehead atoms. The van der Waals surface area contributed by atoms with E-state index in [-0.39, 0.29) is 17.7 Å². The highest BCUT2D eigenvalue weighted by molar-refractivity contribution is 6.30. The number of rotatable bonds is 6. The molecule has 1 unspecified atom stereocenters. The fraction of sp³-hybridized carbons (Fsp3) is 0.529. The molecule has 1 aromatic rings. The molecule has 0 saturated heterocycles. The van der Waals surface area contributed by atoms with Crippen molar-refractivity contribution < 1.29 is 9.59 Å². The van der Waals surface area contributed by atoms with Crippen molar-refractivity contribution in [1.29, 1.82) is 0 Å². The Kier molecular flexibility index (Phi) is 6.25. The van der Waals surface area contributed by atoms with E-state index in [1.165, 1.54) is 6.92 Å². The molecule has 120 valence electrons. The molecule has 2 amide bonds. The van der Waals surface area contributed by atoms with Crippen LogP contribution in [0, 0.1) is 5.92 Å². The zero-order valence-corrected chi connectivity index (χ0v) is 13.7. The molecule has 1 aromatic carbocycles. The SMILES string of the molecule is CC(=O)NC(C(=O)NCCc1cccc(Cl)c1)C1CCCC1. The Bertz CT molecular complexity index is 527. The summed E-state index contributed by atoms with van der Waals surface area (Å²) < 4.78 is 0. The van der Waals surface area contributed by atoms with E-state index in [1.54, 1.807) is 0 Å². The summed E-state index contributed by atoms with van der Waals surface area (Å²) in [5, 5.41) is 6.44. The van der Waals surface area contributed by atoms with E-state index in [1.807, 2.05) is 24.3 Å². The highest BCUT2D eigenvalue weighted by atomic mass is 35.5. The van der Waals surface area contributed by atoms with Crippen LogP contribution in [-0.4, -0.2) is 24.4 Å². The molecule has 1 fully saturated rings. The number of hydrogen-bond acceptors (Lipinski definition) is 2. The zero-order valence-electron chi connectivity index (χ0n) is 12.9. The standard InChI is InChI=1S/C17H23ClN2O2/c1-12(21)20-16(14-6-2-3-7-14)17(22)19-10-9-13-5-4-8-15(18)11-13/h4-5,8,11,14,16H,2-3,6-7,9-10H2,1H3,(H,19,22)(H,20,21). The van der Waals surface area contributed by atoms with Gasteiger partial charge in [0.2, 0.25) is 11.8 Å². The molecule has 0 spiro atoms. The molecule has 1 saturated carbocycles. The van der Waals surface area contributed by atoms with Crippen molar-refractivity contribution in [2.45, 2.75) is 45.1 Å². The lowest BCUT2D eigenvalue weighted by Gasteiger charge is -2.23. The van der Waals surface area contributed by atoms with Gasteiger partial charge in [-0.25, -0.2) is 0 Å². The van der Waals surface area contributed by atoms with Crippen LogP contribution < -0.4 is 10.6 Å². The Hall–Kier alpha value is -1.55. The molecule has 1 aliphatic rings. The second-order valence-corrected chi connectivity index (χ2v) is 6.33. The van der Waals surface area contributed by atoms with Crippen LogP contribution in [0.3, 0.4) is 0 Å². The maximum atomic E-state index is 12.4. The van der Waals surface area contributed by atoms with Gasteiger partial charge in [0, 0.05) is 18.5 Å². The van der Waals surface area contributed by atoms with Crippen molar-refractivity contribution in [1.82, 2.24) is 10.6 Å². The van der Waals surface area contributed by atoms with Crippen molar-refractivity contribution in [2.24, 2.45) is 5.92 Å². The van der Waals surface area contributed by atoms with E-state index in [2.05, 4.69) is 10.6 Å². The molecule has 1 atom stereocenters. The number of carbonyl (C=O) groups excluding carboxylic acids is 2. The predicted molar refractivity (Wildman–Crippen MR) is 87.7 cm³/mol. The van der Waals surface area contributed by atoms with Crippen LogP contribution in [0.1, 0.15) is 38.2 Å². The van der Waals surface area contributed by atoms with Crippen LogP contribution >= 0.6 is 11.6 Å². The highest BCUT2D eigenvalue weighted by Crippen LogP contribution is 2.27. The number of nitrogens with one attached hydrogen (secondary N) is 2. The van der Waals surface area contributed by atoms with Crippen LogP contribution in [0.15, 0.2) is 24.3 Å². The van der Waals surface area contributed by atoms with Gasteiger partial charge in [-0.2, -0.15) is 0 Å². The normalized spacial score (nSPS) is 16.3. The molecule has 0 aromatic heterocycles. The third kappa shape index (κ3) is 5.02. The summed E-state index contributed by atoms with van der Waals surface area (Å²) in [4.78, 5) is 23.7. The molecule has 0 radical (unpaired) electrons. The average Bonchev–Trinajstić information content (AvgIpc) is 2.98. The first-order valence-corrected chi connectivity index (χ1v) is 8.23. The first kappa shape index (κ1) is 16.8. The van der Waals surface area contributed by atoms with Crippen LogP contribution in [-0.2, 0) is 16.0 Å². The van der Waals surface area contributed by atoms with E-state index in [9.17, 15) is 9.59 Å². The van der Waals surface area contributed by atoms with E-state index >= 15 is 0 Å². The lowest BCUT2D eigenvalue weighted by molar-refractivity contribution is -0.129. The molecule has 0 heterocycles. The maximum Gasteiger partial charge on any atom is 0.242 e. The minimum Gasteiger partial charge on any atom is -0.354 e. The molecule has 1 aliphatic carbocycles. The monoisotopic (exact) mass is 322 g/mol. The fourth-order valence-corrected chi connectivity index (χ4v) is 3.25. The molecular formula is C17H23ClN2O2. The number of amides is 2. The summed E-state index contributed by atoms with van der Waals surface area (Å²) in [6.07, 6.45) is 5.01. The largest absolute Gasteiger partial charge is 0.354 e. The van der Waals surface area contributed by atoms with Crippen molar-refractivity contribution in [2.75, 3.05) is 6.54 Å². The number of benzene rings is 1. The molecule has 5 heteroatoms. The van der Waals surface area contributed by atoms with Crippen molar-refractivity contribution in [3.05, 3.63) is 34.9 Å². The van der Waals surface area contributed by atoms with Crippen molar-refractivity contribution in [3.8, 4) is 0 Å². The zero-order chi connectivity index (χ0) is 15.9.